The van der Waals surface area contributed by atoms with Gasteiger partial charge in [0.05, 0.1) is 6.10 Å². The lowest BCUT2D eigenvalue weighted by molar-refractivity contribution is 0.0183. The molecule has 0 heterocycles. The van der Waals surface area contributed by atoms with E-state index in [4.69, 9.17) is 4.74 Å². The summed E-state index contributed by atoms with van der Waals surface area (Å²) in [6.45, 7) is 5.24. The maximum absolute atomic E-state index is 5.93. The first-order valence-corrected chi connectivity index (χ1v) is 7.62. The Morgan fingerprint density at radius 1 is 1.12 bits per heavy atom. The lowest BCUT2D eigenvalue weighted by Gasteiger charge is -2.26. The molecule has 1 N–H and O–H groups in total. The van der Waals surface area contributed by atoms with Gasteiger partial charge in [0.2, 0.25) is 0 Å². The lowest BCUT2D eigenvalue weighted by atomic mass is 9.99. The predicted molar refractivity (Wildman–Crippen MR) is 74.4 cm³/mol. The van der Waals surface area contributed by atoms with Crippen LogP contribution in [0.5, 0.6) is 0 Å². The molecule has 1 aliphatic carbocycles. The minimum Gasteiger partial charge on any atom is -0.377 e. The molecule has 102 valence electrons. The molecule has 2 unspecified atom stereocenters. The van der Waals surface area contributed by atoms with Crippen LogP contribution < -0.4 is 5.32 Å². The first kappa shape index (κ1) is 15.0. The van der Waals surface area contributed by atoms with E-state index in [1.807, 2.05) is 0 Å². The van der Waals surface area contributed by atoms with Gasteiger partial charge in [-0.3, -0.25) is 0 Å². The van der Waals surface area contributed by atoms with Crippen molar-refractivity contribution in [3.63, 3.8) is 0 Å². The Bertz CT molecular complexity index is 180. The number of likely N-dealkylation sites (N-methyl/N-ethyl adjacent to an activating group) is 1. The van der Waals surface area contributed by atoms with Gasteiger partial charge in [0.1, 0.15) is 0 Å². The van der Waals surface area contributed by atoms with E-state index in [1.165, 1.54) is 51.4 Å². The molecular weight excluding hydrogens is 210 g/mol. The Hall–Kier alpha value is -0.0800. The topological polar surface area (TPSA) is 21.3 Å². The fourth-order valence-corrected chi connectivity index (χ4v) is 2.64. The molecule has 0 spiro atoms. The van der Waals surface area contributed by atoms with E-state index >= 15 is 0 Å². The summed E-state index contributed by atoms with van der Waals surface area (Å²) in [6, 6.07) is 0.573. The van der Waals surface area contributed by atoms with E-state index < -0.39 is 0 Å². The Balaban J connectivity index is 2.20. The molecule has 0 aromatic rings. The van der Waals surface area contributed by atoms with Crippen LogP contribution >= 0.6 is 0 Å². The number of ether oxygens (including phenoxy) is 1. The smallest absolute Gasteiger partial charge is 0.0755 e. The molecule has 0 saturated heterocycles. The standard InChI is InChI=1S/C15H31NO/c1-4-6-7-8-9-10-14(16-3)15(17-5-2)13-11-12-13/h13-16H,4-12H2,1-3H3. The third kappa shape index (κ3) is 5.87. The molecule has 0 radical (unpaired) electrons. The maximum Gasteiger partial charge on any atom is 0.0755 e. The molecule has 2 heteroatoms. The second-order valence-corrected chi connectivity index (χ2v) is 5.36. The van der Waals surface area contributed by atoms with Gasteiger partial charge in [-0.1, -0.05) is 39.0 Å². The van der Waals surface area contributed by atoms with E-state index in [1.54, 1.807) is 0 Å². The molecule has 1 saturated carbocycles. The Labute approximate surface area is 108 Å². The third-order valence-electron chi connectivity index (χ3n) is 3.83. The summed E-state index contributed by atoms with van der Waals surface area (Å²) < 4.78 is 5.93. The maximum atomic E-state index is 5.93. The number of hydrogen-bond acceptors (Lipinski definition) is 2. The Morgan fingerprint density at radius 3 is 2.35 bits per heavy atom. The quantitative estimate of drug-likeness (QED) is 0.556. The van der Waals surface area contributed by atoms with E-state index in [9.17, 15) is 0 Å². The van der Waals surface area contributed by atoms with Crippen molar-refractivity contribution in [3.05, 3.63) is 0 Å². The predicted octanol–water partition coefficient (Wildman–Crippen LogP) is 3.75. The van der Waals surface area contributed by atoms with E-state index in [2.05, 4.69) is 26.2 Å². The molecule has 0 amide bonds. The second-order valence-electron chi connectivity index (χ2n) is 5.36. The van der Waals surface area contributed by atoms with Gasteiger partial charge in [-0.25, -0.2) is 0 Å². The van der Waals surface area contributed by atoms with Gasteiger partial charge in [0.25, 0.3) is 0 Å². The van der Waals surface area contributed by atoms with Gasteiger partial charge in [0, 0.05) is 12.6 Å². The SMILES string of the molecule is CCCCCCCC(NC)C(OCC)C1CC1. The van der Waals surface area contributed by atoms with E-state index in [-0.39, 0.29) is 0 Å². The molecule has 0 aromatic heterocycles. The summed E-state index contributed by atoms with van der Waals surface area (Å²) in [5.41, 5.74) is 0. The molecular formula is C15H31NO. The molecule has 2 nitrogen and oxygen atoms in total. The van der Waals surface area contributed by atoms with Crippen LogP contribution in [-0.4, -0.2) is 25.8 Å². The van der Waals surface area contributed by atoms with Crippen LogP contribution in [0, 0.1) is 5.92 Å². The summed E-state index contributed by atoms with van der Waals surface area (Å²) in [5.74, 6) is 0.836. The molecule has 1 aliphatic rings. The van der Waals surface area contributed by atoms with E-state index in [0.717, 1.165) is 12.5 Å². The zero-order chi connectivity index (χ0) is 12.5. The number of hydrogen-bond donors (Lipinski definition) is 1. The highest BCUT2D eigenvalue weighted by molar-refractivity contribution is 4.89. The lowest BCUT2D eigenvalue weighted by Crippen LogP contribution is -2.40. The first-order chi connectivity index (χ1) is 8.33. The minimum atomic E-state index is 0.469. The van der Waals surface area contributed by atoms with Gasteiger partial charge < -0.3 is 10.1 Å². The van der Waals surface area contributed by atoms with Gasteiger partial charge in [-0.2, -0.15) is 0 Å². The van der Waals surface area contributed by atoms with Crippen LogP contribution in [0.3, 0.4) is 0 Å². The summed E-state index contributed by atoms with van der Waals surface area (Å²) in [6.07, 6.45) is 11.4. The fourth-order valence-electron chi connectivity index (χ4n) is 2.64. The molecule has 0 aliphatic heterocycles. The van der Waals surface area contributed by atoms with Gasteiger partial charge in [0.15, 0.2) is 0 Å². The summed E-state index contributed by atoms with van der Waals surface area (Å²) in [5, 5.41) is 3.47. The van der Waals surface area contributed by atoms with Crippen LogP contribution in [0.25, 0.3) is 0 Å². The highest BCUT2D eigenvalue weighted by atomic mass is 16.5. The zero-order valence-electron chi connectivity index (χ0n) is 12.0. The zero-order valence-corrected chi connectivity index (χ0v) is 12.0. The van der Waals surface area contributed by atoms with Crippen molar-refractivity contribution < 1.29 is 4.74 Å². The van der Waals surface area contributed by atoms with Crippen LogP contribution in [0.2, 0.25) is 0 Å². The summed E-state index contributed by atoms with van der Waals surface area (Å²) >= 11 is 0. The molecule has 17 heavy (non-hydrogen) atoms. The van der Waals surface area contributed by atoms with Crippen molar-refractivity contribution >= 4 is 0 Å². The van der Waals surface area contributed by atoms with Crippen LogP contribution in [-0.2, 0) is 4.74 Å². The fraction of sp³-hybridized carbons (Fsp3) is 1.00. The molecule has 2 atom stereocenters. The highest BCUT2D eigenvalue weighted by Gasteiger charge is 2.36. The third-order valence-corrected chi connectivity index (χ3v) is 3.83. The number of rotatable bonds is 11. The second kappa shape index (κ2) is 8.93. The molecule has 1 fully saturated rings. The molecule has 0 aromatic carbocycles. The summed E-state index contributed by atoms with van der Waals surface area (Å²) in [4.78, 5) is 0. The normalized spacial score (nSPS) is 19.2. The highest BCUT2D eigenvalue weighted by Crippen LogP contribution is 2.36. The van der Waals surface area contributed by atoms with Crippen LogP contribution in [0.15, 0.2) is 0 Å². The molecule has 1 rings (SSSR count). The van der Waals surface area contributed by atoms with Gasteiger partial charge in [-0.15, -0.1) is 0 Å². The van der Waals surface area contributed by atoms with Crippen molar-refractivity contribution in [2.45, 2.75) is 77.4 Å². The van der Waals surface area contributed by atoms with E-state index in [0.29, 0.717) is 12.1 Å². The van der Waals surface area contributed by atoms with Crippen LogP contribution in [0.4, 0.5) is 0 Å². The Morgan fingerprint density at radius 2 is 1.82 bits per heavy atom. The monoisotopic (exact) mass is 241 g/mol. The average Bonchev–Trinajstić information content (AvgIpc) is 3.16. The number of nitrogens with one attached hydrogen (secondary N) is 1. The van der Waals surface area contributed by atoms with Gasteiger partial charge in [-0.05, 0) is 39.2 Å². The van der Waals surface area contributed by atoms with Crippen LogP contribution in [0.1, 0.15) is 65.2 Å². The first-order valence-electron chi connectivity index (χ1n) is 7.62. The van der Waals surface area contributed by atoms with Crippen molar-refractivity contribution in [1.82, 2.24) is 5.32 Å². The van der Waals surface area contributed by atoms with Crippen molar-refractivity contribution in [1.29, 1.82) is 0 Å². The van der Waals surface area contributed by atoms with Crippen molar-refractivity contribution in [3.8, 4) is 0 Å². The van der Waals surface area contributed by atoms with Gasteiger partial charge >= 0.3 is 0 Å². The largest absolute Gasteiger partial charge is 0.377 e. The molecule has 0 bridgehead atoms. The average molecular weight is 241 g/mol. The van der Waals surface area contributed by atoms with Crippen molar-refractivity contribution in [2.24, 2.45) is 5.92 Å². The minimum absolute atomic E-state index is 0.469. The summed E-state index contributed by atoms with van der Waals surface area (Å²) in [7, 11) is 2.09. The number of unbranched alkanes of at least 4 members (excludes halogenated alkanes) is 4. The van der Waals surface area contributed by atoms with Crippen molar-refractivity contribution in [2.75, 3.05) is 13.7 Å². The Kier molecular flexibility index (Phi) is 7.87.